The van der Waals surface area contributed by atoms with E-state index in [-0.39, 0.29) is 6.04 Å². The molecule has 1 aromatic carbocycles. The Balaban J connectivity index is 1.73. The maximum Gasteiger partial charge on any atom is 0.252 e. The van der Waals surface area contributed by atoms with Crippen LogP contribution in [0.5, 0.6) is 0 Å². The number of rotatable bonds is 7. The molecule has 0 unspecified atom stereocenters. The maximum absolute atomic E-state index is 12.2. The van der Waals surface area contributed by atoms with Crippen molar-refractivity contribution >= 4 is 22.5 Å². The molecule has 1 amide bonds. The summed E-state index contributed by atoms with van der Waals surface area (Å²) in [7, 11) is 1.65. The molecule has 0 bridgehead atoms. The number of carbonyl (C=O) groups excluding carboxylic acids is 1. The number of hydrogen-bond donors (Lipinski definition) is 2. The van der Waals surface area contributed by atoms with Gasteiger partial charge in [-0.3, -0.25) is 14.8 Å². The Morgan fingerprint density at radius 1 is 1.19 bits per heavy atom. The quantitative estimate of drug-likeness (QED) is 0.604. The number of pyridine rings is 2. The first-order valence-corrected chi connectivity index (χ1v) is 10.6. The van der Waals surface area contributed by atoms with Crippen LogP contribution in [0.3, 0.4) is 0 Å². The lowest BCUT2D eigenvalue weighted by atomic mass is 9.92. The molecule has 1 aliphatic heterocycles. The van der Waals surface area contributed by atoms with Gasteiger partial charge in [-0.15, -0.1) is 0 Å². The number of hydrogen-bond acceptors (Lipinski definition) is 6. The predicted octanol–water partition coefficient (Wildman–Crippen LogP) is 3.77. The number of nitrogens with one attached hydrogen (secondary N) is 1. The van der Waals surface area contributed by atoms with Crippen molar-refractivity contribution in [3.63, 3.8) is 0 Å². The molecular weight excluding hydrogens is 392 g/mol. The zero-order valence-corrected chi connectivity index (χ0v) is 17.9. The number of anilines is 1. The van der Waals surface area contributed by atoms with Crippen LogP contribution in [0, 0.1) is 5.92 Å². The van der Waals surface area contributed by atoms with Gasteiger partial charge in [-0.1, -0.05) is 12.1 Å². The Bertz CT molecular complexity index is 1060. The standard InChI is InChI=1S/C24H28N4O3/c1-15(16-7-9-31-10-8-16)28-23-20-11-17(18-3-5-19(14-30-2)26-12-18)4-6-22(20)27-13-21(23)24(25)29/h3-6,11-13,15-16H,7-10,14H2,1-2H3,(H2,25,29)(H,27,28)/t15-/m1/s1. The topological polar surface area (TPSA) is 99.4 Å². The van der Waals surface area contributed by atoms with E-state index in [1.165, 1.54) is 0 Å². The fourth-order valence-electron chi connectivity index (χ4n) is 4.10. The predicted molar refractivity (Wildman–Crippen MR) is 121 cm³/mol. The lowest BCUT2D eigenvalue weighted by Gasteiger charge is -2.30. The average Bonchev–Trinajstić information content (AvgIpc) is 2.80. The summed E-state index contributed by atoms with van der Waals surface area (Å²) in [6.07, 6.45) is 5.38. The van der Waals surface area contributed by atoms with Gasteiger partial charge in [-0.05, 0) is 49.4 Å². The summed E-state index contributed by atoms with van der Waals surface area (Å²) >= 11 is 0. The summed E-state index contributed by atoms with van der Waals surface area (Å²) in [4.78, 5) is 21.1. The van der Waals surface area contributed by atoms with Crippen molar-refractivity contribution in [1.29, 1.82) is 0 Å². The van der Waals surface area contributed by atoms with E-state index in [9.17, 15) is 4.79 Å². The SMILES string of the molecule is COCc1ccc(-c2ccc3ncc(C(N)=O)c(N[C@H](C)C4CCOCC4)c3c2)cn1. The van der Waals surface area contributed by atoms with Crippen molar-refractivity contribution in [1.82, 2.24) is 9.97 Å². The maximum atomic E-state index is 12.2. The molecule has 0 radical (unpaired) electrons. The molecule has 4 rings (SSSR count). The number of nitrogens with two attached hydrogens (primary N) is 1. The highest BCUT2D eigenvalue weighted by molar-refractivity contribution is 6.07. The molecule has 31 heavy (non-hydrogen) atoms. The van der Waals surface area contributed by atoms with Gasteiger partial charge in [0, 0.05) is 49.7 Å². The van der Waals surface area contributed by atoms with E-state index in [1.54, 1.807) is 13.3 Å². The minimum absolute atomic E-state index is 0.172. The van der Waals surface area contributed by atoms with Crippen molar-refractivity contribution < 1.29 is 14.3 Å². The highest BCUT2D eigenvalue weighted by Crippen LogP contribution is 2.32. The van der Waals surface area contributed by atoms with Gasteiger partial charge in [0.1, 0.15) is 0 Å². The van der Waals surface area contributed by atoms with E-state index < -0.39 is 5.91 Å². The summed E-state index contributed by atoms with van der Waals surface area (Å²) in [6.45, 7) is 4.16. The van der Waals surface area contributed by atoms with E-state index in [4.69, 9.17) is 15.2 Å². The zero-order valence-electron chi connectivity index (χ0n) is 17.9. The molecule has 0 aliphatic carbocycles. The summed E-state index contributed by atoms with van der Waals surface area (Å²) in [6, 6.07) is 10.2. The number of primary amides is 1. The van der Waals surface area contributed by atoms with Gasteiger partial charge in [0.25, 0.3) is 5.91 Å². The highest BCUT2D eigenvalue weighted by Gasteiger charge is 2.23. The van der Waals surface area contributed by atoms with Gasteiger partial charge in [-0.25, -0.2) is 0 Å². The Morgan fingerprint density at radius 3 is 2.65 bits per heavy atom. The molecule has 0 saturated carbocycles. The number of methoxy groups -OCH3 is 1. The normalized spacial score (nSPS) is 15.7. The molecule has 2 aromatic heterocycles. The molecule has 162 valence electrons. The highest BCUT2D eigenvalue weighted by atomic mass is 16.5. The fourth-order valence-corrected chi connectivity index (χ4v) is 4.10. The van der Waals surface area contributed by atoms with Crippen molar-refractivity contribution in [2.45, 2.75) is 32.4 Å². The second-order valence-corrected chi connectivity index (χ2v) is 8.00. The van der Waals surface area contributed by atoms with Crippen LogP contribution >= 0.6 is 0 Å². The van der Waals surface area contributed by atoms with Gasteiger partial charge >= 0.3 is 0 Å². The molecule has 1 aliphatic rings. The van der Waals surface area contributed by atoms with Gasteiger partial charge in [0.2, 0.25) is 0 Å². The molecule has 1 atom stereocenters. The Hall–Kier alpha value is -3.03. The molecule has 3 N–H and O–H groups in total. The van der Waals surface area contributed by atoms with E-state index >= 15 is 0 Å². The lowest BCUT2D eigenvalue weighted by Crippen LogP contribution is -2.32. The van der Waals surface area contributed by atoms with Crippen LogP contribution in [0.4, 0.5) is 5.69 Å². The molecule has 1 saturated heterocycles. The number of benzene rings is 1. The first kappa shape index (κ1) is 21.2. The first-order chi connectivity index (χ1) is 15.1. The molecule has 7 nitrogen and oxygen atoms in total. The van der Waals surface area contributed by atoms with Crippen molar-refractivity contribution in [2.75, 3.05) is 25.6 Å². The number of carbonyl (C=O) groups is 1. The molecular formula is C24H28N4O3. The van der Waals surface area contributed by atoms with Gasteiger partial charge in [0.15, 0.2) is 0 Å². The third-order valence-electron chi connectivity index (χ3n) is 5.93. The van der Waals surface area contributed by atoms with Crippen LogP contribution in [-0.2, 0) is 16.1 Å². The lowest BCUT2D eigenvalue weighted by molar-refractivity contribution is 0.0622. The molecule has 3 aromatic rings. The number of fused-ring (bicyclic) bond motifs is 1. The van der Waals surface area contributed by atoms with Crippen molar-refractivity contribution in [2.24, 2.45) is 11.7 Å². The van der Waals surface area contributed by atoms with Crippen LogP contribution in [0.15, 0.2) is 42.7 Å². The van der Waals surface area contributed by atoms with Crippen LogP contribution in [0.25, 0.3) is 22.0 Å². The minimum Gasteiger partial charge on any atom is -0.381 e. The Kier molecular flexibility index (Phi) is 6.44. The molecule has 1 fully saturated rings. The molecule has 0 spiro atoms. The van der Waals surface area contributed by atoms with Crippen LogP contribution < -0.4 is 11.1 Å². The smallest absolute Gasteiger partial charge is 0.252 e. The zero-order chi connectivity index (χ0) is 21.8. The van der Waals surface area contributed by atoms with Gasteiger partial charge in [-0.2, -0.15) is 0 Å². The van der Waals surface area contributed by atoms with E-state index in [0.717, 1.165) is 59.5 Å². The summed E-state index contributed by atoms with van der Waals surface area (Å²) < 4.78 is 10.6. The van der Waals surface area contributed by atoms with Gasteiger partial charge in [0.05, 0.1) is 29.1 Å². The third-order valence-corrected chi connectivity index (χ3v) is 5.93. The second-order valence-electron chi connectivity index (χ2n) is 8.00. The second kappa shape index (κ2) is 9.41. The summed E-state index contributed by atoms with van der Waals surface area (Å²) in [5, 5.41) is 4.45. The van der Waals surface area contributed by atoms with Crippen molar-refractivity contribution in [3.8, 4) is 11.1 Å². The minimum atomic E-state index is -0.493. The molecule has 7 heteroatoms. The van der Waals surface area contributed by atoms with Crippen molar-refractivity contribution in [3.05, 3.63) is 54.0 Å². The Labute approximate surface area is 182 Å². The van der Waals surface area contributed by atoms with E-state index in [1.807, 2.05) is 36.5 Å². The average molecular weight is 421 g/mol. The van der Waals surface area contributed by atoms with E-state index in [0.29, 0.717) is 18.1 Å². The number of ether oxygens (including phenoxy) is 2. The third kappa shape index (κ3) is 4.68. The number of aromatic nitrogens is 2. The summed E-state index contributed by atoms with van der Waals surface area (Å²) in [5.74, 6) is -0.0227. The fraction of sp³-hybridized carbons (Fsp3) is 0.375. The largest absolute Gasteiger partial charge is 0.381 e. The van der Waals surface area contributed by atoms with Crippen LogP contribution in [-0.4, -0.2) is 42.2 Å². The summed E-state index contributed by atoms with van der Waals surface area (Å²) in [5.41, 5.74) is 10.5. The monoisotopic (exact) mass is 420 g/mol. The van der Waals surface area contributed by atoms with Crippen LogP contribution in [0.1, 0.15) is 35.8 Å². The number of nitrogens with zero attached hydrogens (tertiary/aromatic N) is 2. The first-order valence-electron chi connectivity index (χ1n) is 10.6. The molecule has 3 heterocycles. The van der Waals surface area contributed by atoms with E-state index in [2.05, 4.69) is 22.2 Å². The Morgan fingerprint density at radius 2 is 1.97 bits per heavy atom. The van der Waals surface area contributed by atoms with Gasteiger partial charge < -0.3 is 20.5 Å². The van der Waals surface area contributed by atoms with Crippen LogP contribution in [0.2, 0.25) is 0 Å². The number of amides is 1.